The van der Waals surface area contributed by atoms with Crippen molar-refractivity contribution >= 4 is 12.2 Å². The van der Waals surface area contributed by atoms with Crippen LogP contribution in [0, 0.1) is 25.5 Å². The molecule has 2 aromatic carbocycles. The van der Waals surface area contributed by atoms with Crippen LogP contribution in [0.1, 0.15) is 22.3 Å². The van der Waals surface area contributed by atoms with Gasteiger partial charge < -0.3 is 9.47 Å². The van der Waals surface area contributed by atoms with Crippen molar-refractivity contribution in [1.29, 1.82) is 0 Å². The minimum Gasteiger partial charge on any atom is -0.493 e. The first-order chi connectivity index (χ1) is 13.8. The molecule has 0 unspecified atom stereocenters. The van der Waals surface area contributed by atoms with Gasteiger partial charge in [0.2, 0.25) is 4.77 Å². The zero-order valence-corrected chi connectivity index (χ0v) is 18.6. The van der Waals surface area contributed by atoms with Crippen LogP contribution in [0.5, 0.6) is 11.5 Å². The number of nitrogens with zero attached hydrogens (tertiary/aromatic N) is 5. The van der Waals surface area contributed by atoms with Crippen molar-refractivity contribution in [3.63, 3.8) is 0 Å². The second-order valence-corrected chi connectivity index (χ2v) is 7.57. The van der Waals surface area contributed by atoms with Crippen LogP contribution in [0.25, 0.3) is 5.69 Å². The van der Waals surface area contributed by atoms with E-state index in [1.165, 1.54) is 0 Å². The van der Waals surface area contributed by atoms with Gasteiger partial charge in [0, 0.05) is 6.54 Å². The van der Waals surface area contributed by atoms with Crippen molar-refractivity contribution < 1.29 is 9.47 Å². The van der Waals surface area contributed by atoms with Crippen molar-refractivity contribution in [2.45, 2.75) is 34.0 Å². The SMILES string of the molecule is COc1cc(C)c(CN(C)Cn2nnn(-c3c(C)cccc3C)c2=S)cc1OC. The van der Waals surface area contributed by atoms with Gasteiger partial charge in [-0.1, -0.05) is 18.2 Å². The normalized spacial score (nSPS) is 11.1. The topological polar surface area (TPSA) is 57.3 Å². The summed E-state index contributed by atoms with van der Waals surface area (Å²) in [5.74, 6) is 1.45. The number of hydrogen-bond acceptors (Lipinski definition) is 6. The Kier molecular flexibility index (Phi) is 6.34. The van der Waals surface area contributed by atoms with E-state index in [4.69, 9.17) is 21.7 Å². The maximum atomic E-state index is 5.65. The number of benzene rings is 2. The Labute approximate surface area is 176 Å². The molecule has 0 fully saturated rings. The van der Waals surface area contributed by atoms with Crippen LogP contribution in [-0.2, 0) is 13.2 Å². The highest BCUT2D eigenvalue weighted by atomic mass is 32.1. The van der Waals surface area contributed by atoms with E-state index >= 15 is 0 Å². The summed E-state index contributed by atoms with van der Waals surface area (Å²) in [6.07, 6.45) is 0. The molecule has 7 nitrogen and oxygen atoms in total. The average molecular weight is 414 g/mol. The lowest BCUT2D eigenvalue weighted by molar-refractivity contribution is 0.241. The molecule has 154 valence electrons. The summed E-state index contributed by atoms with van der Waals surface area (Å²) in [6.45, 7) is 7.40. The Morgan fingerprint density at radius 1 is 0.966 bits per heavy atom. The van der Waals surface area contributed by atoms with E-state index in [9.17, 15) is 0 Å². The molecule has 1 heterocycles. The third-order valence-electron chi connectivity index (χ3n) is 4.95. The first kappa shape index (κ1) is 21.0. The standard InChI is InChI=1S/C21H27N5O2S/c1-14-8-7-9-15(2)20(14)26-21(29)25(22-23-26)13-24(4)12-17-11-19(28-6)18(27-5)10-16(17)3/h7-11H,12-13H2,1-6H3. The Bertz CT molecular complexity index is 1050. The zero-order chi connectivity index (χ0) is 21.1. The van der Waals surface area contributed by atoms with E-state index in [1.807, 2.05) is 25.2 Å². The van der Waals surface area contributed by atoms with Crippen molar-refractivity contribution in [3.8, 4) is 17.2 Å². The van der Waals surface area contributed by atoms with Crippen molar-refractivity contribution in [3.05, 3.63) is 57.4 Å². The summed E-state index contributed by atoms with van der Waals surface area (Å²) >= 11 is 5.65. The molecule has 0 saturated heterocycles. The lowest BCUT2D eigenvalue weighted by Crippen LogP contribution is -2.23. The van der Waals surface area contributed by atoms with E-state index in [0.717, 1.165) is 39.4 Å². The van der Waals surface area contributed by atoms with Gasteiger partial charge in [0.1, 0.15) is 0 Å². The van der Waals surface area contributed by atoms with Crippen molar-refractivity contribution in [2.75, 3.05) is 21.3 Å². The Morgan fingerprint density at radius 3 is 2.21 bits per heavy atom. The summed E-state index contributed by atoms with van der Waals surface area (Å²) < 4.78 is 14.8. The fourth-order valence-electron chi connectivity index (χ4n) is 3.41. The van der Waals surface area contributed by atoms with Gasteiger partial charge in [-0.05, 0) is 84.9 Å². The van der Waals surface area contributed by atoms with Gasteiger partial charge in [-0.3, -0.25) is 4.90 Å². The maximum Gasteiger partial charge on any atom is 0.221 e. The van der Waals surface area contributed by atoms with E-state index in [2.05, 4.69) is 48.2 Å². The molecule has 0 aliphatic rings. The third kappa shape index (κ3) is 4.33. The number of tetrazole rings is 1. The highest BCUT2D eigenvalue weighted by molar-refractivity contribution is 7.71. The number of para-hydroxylation sites is 1. The molecule has 0 aliphatic heterocycles. The molecule has 0 saturated carbocycles. The molecular formula is C21H27N5O2S. The van der Waals surface area contributed by atoms with Crippen LogP contribution in [0.3, 0.4) is 0 Å². The monoisotopic (exact) mass is 413 g/mol. The third-order valence-corrected chi connectivity index (χ3v) is 5.33. The minimum atomic E-state index is 0.525. The van der Waals surface area contributed by atoms with Crippen LogP contribution in [-0.4, -0.2) is 46.0 Å². The van der Waals surface area contributed by atoms with E-state index in [-0.39, 0.29) is 0 Å². The average Bonchev–Trinajstić information content (AvgIpc) is 3.03. The first-order valence-corrected chi connectivity index (χ1v) is 9.76. The molecule has 29 heavy (non-hydrogen) atoms. The van der Waals surface area contributed by atoms with Crippen LogP contribution in [0.15, 0.2) is 30.3 Å². The quantitative estimate of drug-likeness (QED) is 0.549. The summed E-state index contributed by atoms with van der Waals surface area (Å²) in [5, 5.41) is 8.58. The second-order valence-electron chi connectivity index (χ2n) is 7.20. The van der Waals surface area contributed by atoms with Crippen LogP contribution in [0.2, 0.25) is 0 Å². The molecule has 8 heteroatoms. The molecule has 0 atom stereocenters. The molecule has 0 N–H and O–H groups in total. The van der Waals surface area contributed by atoms with Crippen molar-refractivity contribution in [1.82, 2.24) is 24.7 Å². The molecule has 0 radical (unpaired) electrons. The van der Waals surface area contributed by atoms with E-state index < -0.39 is 0 Å². The molecular weight excluding hydrogens is 386 g/mol. The predicted molar refractivity (Wildman–Crippen MR) is 115 cm³/mol. The molecule has 0 aliphatic carbocycles. The van der Waals surface area contributed by atoms with Gasteiger partial charge in [-0.15, -0.1) is 0 Å². The molecule has 3 aromatic rings. The Hall–Kier alpha value is -2.71. The minimum absolute atomic E-state index is 0.525. The van der Waals surface area contributed by atoms with Crippen LogP contribution >= 0.6 is 12.2 Å². The fraction of sp³-hybridized carbons (Fsp3) is 0.381. The summed E-state index contributed by atoms with van der Waals surface area (Å²) in [6, 6.07) is 10.1. The Morgan fingerprint density at radius 2 is 1.59 bits per heavy atom. The zero-order valence-electron chi connectivity index (χ0n) is 17.8. The molecule has 0 amide bonds. The summed E-state index contributed by atoms with van der Waals surface area (Å²) in [4.78, 5) is 2.13. The first-order valence-electron chi connectivity index (χ1n) is 9.35. The van der Waals surface area contributed by atoms with Gasteiger partial charge in [-0.2, -0.15) is 4.68 Å². The highest BCUT2D eigenvalue weighted by Gasteiger charge is 2.14. The predicted octanol–water partition coefficient (Wildman–Crippen LogP) is 3.83. The number of methoxy groups -OCH3 is 2. The van der Waals surface area contributed by atoms with Gasteiger partial charge in [-0.25, -0.2) is 4.68 Å². The van der Waals surface area contributed by atoms with E-state index in [1.54, 1.807) is 23.6 Å². The Balaban J connectivity index is 1.82. The summed E-state index contributed by atoms with van der Waals surface area (Å²) in [7, 11) is 5.31. The molecule has 3 rings (SSSR count). The second kappa shape index (κ2) is 8.75. The fourth-order valence-corrected chi connectivity index (χ4v) is 3.63. The molecule has 1 aromatic heterocycles. The van der Waals surface area contributed by atoms with Gasteiger partial charge in [0.15, 0.2) is 11.5 Å². The lowest BCUT2D eigenvalue weighted by Gasteiger charge is -2.19. The van der Waals surface area contributed by atoms with Crippen LogP contribution < -0.4 is 9.47 Å². The summed E-state index contributed by atoms with van der Waals surface area (Å²) in [5.41, 5.74) is 5.50. The number of aromatic nitrogens is 4. The molecule has 0 bridgehead atoms. The van der Waals surface area contributed by atoms with Gasteiger partial charge in [0.05, 0.1) is 26.6 Å². The van der Waals surface area contributed by atoms with E-state index in [0.29, 0.717) is 18.0 Å². The number of hydrogen-bond donors (Lipinski definition) is 0. The van der Waals surface area contributed by atoms with Crippen molar-refractivity contribution in [2.24, 2.45) is 0 Å². The number of ether oxygens (including phenoxy) is 2. The highest BCUT2D eigenvalue weighted by Crippen LogP contribution is 2.30. The maximum absolute atomic E-state index is 5.65. The number of rotatable bonds is 7. The smallest absolute Gasteiger partial charge is 0.221 e. The molecule has 0 spiro atoms. The number of aryl methyl sites for hydroxylation is 3. The van der Waals surface area contributed by atoms with Gasteiger partial charge in [0.25, 0.3) is 0 Å². The lowest BCUT2D eigenvalue weighted by atomic mass is 10.1. The van der Waals surface area contributed by atoms with Gasteiger partial charge >= 0.3 is 0 Å². The van der Waals surface area contributed by atoms with Crippen LogP contribution in [0.4, 0.5) is 0 Å². The largest absolute Gasteiger partial charge is 0.493 e.